The zero-order valence-corrected chi connectivity index (χ0v) is 16.4. The van der Waals surface area contributed by atoms with Crippen LogP contribution in [0.5, 0.6) is 5.75 Å². The predicted octanol–water partition coefficient (Wildman–Crippen LogP) is 3.65. The van der Waals surface area contributed by atoms with Crippen molar-refractivity contribution in [2.75, 3.05) is 12.4 Å². The molecule has 0 aliphatic rings. The molecule has 0 aromatic heterocycles. The molecular formula is C19H20N2O6S. The monoisotopic (exact) mass is 404 g/mol. The number of anilines is 1. The van der Waals surface area contributed by atoms with Gasteiger partial charge in [0.25, 0.3) is 11.6 Å². The minimum Gasteiger partial charge on any atom is -0.497 e. The fraction of sp³-hybridized carbons (Fsp3) is 0.263. The van der Waals surface area contributed by atoms with E-state index in [1.165, 1.54) is 30.8 Å². The number of thioether (sulfide) groups is 1. The van der Waals surface area contributed by atoms with Crippen LogP contribution in [-0.4, -0.2) is 35.3 Å². The zero-order chi connectivity index (χ0) is 20.7. The number of methoxy groups -OCH3 is 1. The van der Waals surface area contributed by atoms with Gasteiger partial charge in [0.05, 0.1) is 12.0 Å². The maximum absolute atomic E-state index is 12.2. The maximum atomic E-state index is 12.2. The lowest BCUT2D eigenvalue weighted by Gasteiger charge is -2.16. The molecule has 2 aromatic carbocycles. The molecule has 0 aliphatic heterocycles. The Morgan fingerprint density at radius 2 is 1.68 bits per heavy atom. The van der Waals surface area contributed by atoms with E-state index in [1.807, 2.05) is 0 Å². The summed E-state index contributed by atoms with van der Waals surface area (Å²) in [6.45, 7) is 3.13. The molecule has 2 atom stereocenters. The number of amides is 1. The summed E-state index contributed by atoms with van der Waals surface area (Å²) in [5, 5.41) is 12.7. The number of benzene rings is 2. The third-order valence-corrected chi connectivity index (χ3v) is 4.80. The third-order valence-electron chi connectivity index (χ3n) is 3.71. The normalized spacial score (nSPS) is 12.5. The number of carbonyl (C=O) groups excluding carboxylic acids is 2. The van der Waals surface area contributed by atoms with Crippen LogP contribution in [0.3, 0.4) is 0 Å². The molecule has 0 saturated heterocycles. The van der Waals surface area contributed by atoms with Crippen LogP contribution >= 0.6 is 11.8 Å². The Bertz CT molecular complexity index is 839. The SMILES string of the molecule is COc1ccc(NC(=O)[C@@H](C)OC(=O)[C@@H](C)Sc2ccc([N+](=O)[O-])cc2)cc1. The molecule has 1 amide bonds. The number of hydrogen-bond donors (Lipinski definition) is 1. The molecule has 0 fully saturated rings. The second kappa shape index (κ2) is 9.75. The topological polar surface area (TPSA) is 108 Å². The van der Waals surface area contributed by atoms with Gasteiger partial charge in [-0.1, -0.05) is 0 Å². The summed E-state index contributed by atoms with van der Waals surface area (Å²) >= 11 is 1.19. The van der Waals surface area contributed by atoms with E-state index in [4.69, 9.17) is 9.47 Å². The second-order valence-corrected chi connectivity index (χ2v) is 7.22. The zero-order valence-electron chi connectivity index (χ0n) is 15.6. The Hall–Kier alpha value is -3.07. The summed E-state index contributed by atoms with van der Waals surface area (Å²) < 4.78 is 10.3. The van der Waals surface area contributed by atoms with E-state index in [9.17, 15) is 19.7 Å². The highest BCUT2D eigenvalue weighted by Crippen LogP contribution is 2.26. The first-order valence-electron chi connectivity index (χ1n) is 8.36. The fourth-order valence-corrected chi connectivity index (χ4v) is 2.99. The van der Waals surface area contributed by atoms with Crippen molar-refractivity contribution in [1.82, 2.24) is 0 Å². The molecule has 148 valence electrons. The van der Waals surface area contributed by atoms with E-state index >= 15 is 0 Å². The van der Waals surface area contributed by atoms with Gasteiger partial charge in [-0.2, -0.15) is 0 Å². The van der Waals surface area contributed by atoms with Crippen molar-refractivity contribution < 1.29 is 24.0 Å². The van der Waals surface area contributed by atoms with Crippen molar-refractivity contribution in [3.05, 3.63) is 58.6 Å². The van der Waals surface area contributed by atoms with Crippen LogP contribution in [0.4, 0.5) is 11.4 Å². The van der Waals surface area contributed by atoms with Crippen LogP contribution in [0.25, 0.3) is 0 Å². The van der Waals surface area contributed by atoms with E-state index in [0.717, 1.165) is 0 Å². The molecule has 0 aliphatic carbocycles. The standard InChI is InChI=1S/C19H20N2O6S/c1-12(18(22)20-14-4-8-16(26-3)9-5-14)27-19(23)13(2)28-17-10-6-15(7-11-17)21(24)25/h4-13H,1-3H3,(H,20,22)/t12-,13-/m1/s1. The number of nitro groups is 1. The molecule has 2 rings (SSSR count). The third kappa shape index (κ3) is 5.98. The van der Waals surface area contributed by atoms with Crippen molar-refractivity contribution in [3.63, 3.8) is 0 Å². The summed E-state index contributed by atoms with van der Waals surface area (Å²) in [5.41, 5.74) is 0.533. The van der Waals surface area contributed by atoms with Gasteiger partial charge in [-0.15, -0.1) is 11.8 Å². The minimum atomic E-state index is -0.977. The molecule has 0 unspecified atom stereocenters. The van der Waals surface area contributed by atoms with Gasteiger partial charge in [0.2, 0.25) is 0 Å². The van der Waals surface area contributed by atoms with E-state index in [2.05, 4.69) is 5.32 Å². The number of carbonyl (C=O) groups is 2. The summed E-state index contributed by atoms with van der Waals surface area (Å²) in [6, 6.07) is 12.6. The molecule has 1 N–H and O–H groups in total. The van der Waals surface area contributed by atoms with Crippen LogP contribution in [-0.2, 0) is 14.3 Å². The number of hydrogen-bond acceptors (Lipinski definition) is 7. The fourth-order valence-electron chi connectivity index (χ4n) is 2.14. The molecule has 0 bridgehead atoms. The van der Waals surface area contributed by atoms with E-state index in [0.29, 0.717) is 16.3 Å². The second-order valence-electron chi connectivity index (χ2n) is 5.81. The first-order valence-corrected chi connectivity index (χ1v) is 9.24. The highest BCUT2D eigenvalue weighted by Gasteiger charge is 2.23. The Labute approximate surface area is 166 Å². The highest BCUT2D eigenvalue weighted by atomic mass is 32.2. The van der Waals surface area contributed by atoms with E-state index in [1.54, 1.807) is 50.4 Å². The Morgan fingerprint density at radius 1 is 1.07 bits per heavy atom. The number of ether oxygens (including phenoxy) is 2. The number of rotatable bonds is 8. The number of non-ortho nitro benzene ring substituents is 1. The summed E-state index contributed by atoms with van der Waals surface area (Å²) in [5.74, 6) is -0.346. The smallest absolute Gasteiger partial charge is 0.319 e. The van der Waals surface area contributed by atoms with Crippen molar-refractivity contribution >= 4 is 35.0 Å². The molecule has 2 aromatic rings. The molecular weight excluding hydrogens is 384 g/mol. The van der Waals surface area contributed by atoms with Crippen molar-refractivity contribution in [2.45, 2.75) is 30.1 Å². The molecule has 9 heteroatoms. The van der Waals surface area contributed by atoms with Gasteiger partial charge in [-0.3, -0.25) is 19.7 Å². The average molecular weight is 404 g/mol. The lowest BCUT2D eigenvalue weighted by Crippen LogP contribution is -2.32. The summed E-state index contributed by atoms with van der Waals surface area (Å²) in [6.07, 6.45) is -0.977. The number of esters is 1. The van der Waals surface area contributed by atoms with E-state index < -0.39 is 28.2 Å². The molecule has 0 saturated carbocycles. The summed E-state index contributed by atoms with van der Waals surface area (Å²) in [7, 11) is 1.55. The van der Waals surface area contributed by atoms with Gasteiger partial charge in [-0.25, -0.2) is 0 Å². The van der Waals surface area contributed by atoms with Gasteiger partial charge in [0, 0.05) is 22.7 Å². The van der Waals surface area contributed by atoms with Crippen LogP contribution in [0, 0.1) is 10.1 Å². The van der Waals surface area contributed by atoms with Gasteiger partial charge >= 0.3 is 5.97 Å². The molecule has 0 spiro atoms. The van der Waals surface area contributed by atoms with Crippen LogP contribution in [0.2, 0.25) is 0 Å². The van der Waals surface area contributed by atoms with Crippen LogP contribution in [0.1, 0.15) is 13.8 Å². The Kier molecular flexibility index (Phi) is 7.39. The molecule has 28 heavy (non-hydrogen) atoms. The minimum absolute atomic E-state index is 0.0246. The van der Waals surface area contributed by atoms with Gasteiger partial charge in [0.1, 0.15) is 11.0 Å². The quantitative estimate of drug-likeness (QED) is 0.310. The molecule has 8 nitrogen and oxygen atoms in total. The van der Waals surface area contributed by atoms with E-state index in [-0.39, 0.29) is 5.69 Å². The van der Waals surface area contributed by atoms with Gasteiger partial charge in [-0.05, 0) is 50.2 Å². The molecule has 0 heterocycles. The first-order chi connectivity index (χ1) is 13.3. The van der Waals surface area contributed by atoms with Gasteiger partial charge in [0.15, 0.2) is 6.10 Å². The van der Waals surface area contributed by atoms with Crippen LogP contribution in [0.15, 0.2) is 53.4 Å². The lowest BCUT2D eigenvalue weighted by atomic mass is 10.3. The van der Waals surface area contributed by atoms with Gasteiger partial charge < -0.3 is 14.8 Å². The maximum Gasteiger partial charge on any atom is 0.319 e. The number of nitrogens with one attached hydrogen (secondary N) is 1. The predicted molar refractivity (Wildman–Crippen MR) is 106 cm³/mol. The Morgan fingerprint density at radius 3 is 2.21 bits per heavy atom. The van der Waals surface area contributed by atoms with Crippen LogP contribution < -0.4 is 10.1 Å². The average Bonchev–Trinajstić information content (AvgIpc) is 2.68. The number of nitro benzene ring substituents is 1. The van der Waals surface area contributed by atoms with Crippen molar-refractivity contribution in [1.29, 1.82) is 0 Å². The summed E-state index contributed by atoms with van der Waals surface area (Å²) in [4.78, 5) is 35.3. The lowest BCUT2D eigenvalue weighted by molar-refractivity contribution is -0.384. The highest BCUT2D eigenvalue weighted by molar-refractivity contribution is 8.00. The van der Waals surface area contributed by atoms with Crippen molar-refractivity contribution in [2.24, 2.45) is 0 Å². The van der Waals surface area contributed by atoms with Crippen molar-refractivity contribution in [3.8, 4) is 5.75 Å². The number of nitrogens with zero attached hydrogens (tertiary/aromatic N) is 1. The largest absolute Gasteiger partial charge is 0.497 e. The Balaban J connectivity index is 1.87. The first kappa shape index (κ1) is 21.2. The molecule has 0 radical (unpaired) electrons.